The van der Waals surface area contributed by atoms with Gasteiger partial charge in [-0.1, -0.05) is 46.7 Å². The Morgan fingerprint density at radius 1 is 1.05 bits per heavy atom. The number of H-pyrrole nitrogens is 1. The number of thiazole rings is 1. The van der Waals surface area contributed by atoms with Gasteiger partial charge in [0.15, 0.2) is 0 Å². The van der Waals surface area contributed by atoms with Crippen molar-refractivity contribution in [2.45, 2.75) is 29.2 Å². The number of imide groups is 1. The highest BCUT2D eigenvalue weighted by atomic mass is 35.5. The van der Waals surface area contributed by atoms with Crippen molar-refractivity contribution in [3.8, 4) is 5.75 Å². The lowest BCUT2D eigenvalue weighted by Crippen LogP contribution is -2.42. The second kappa shape index (κ2) is 9.65. The number of likely N-dealkylation sites (tertiary alicyclic amines) is 1. The summed E-state index contributed by atoms with van der Waals surface area (Å²) in [6, 6.07) is 12.9. The normalized spacial score (nSPS) is 29.9. The molecule has 2 aliphatic carbocycles. The predicted molar refractivity (Wildman–Crippen MR) is 150 cm³/mol. The fourth-order valence-corrected chi connectivity index (χ4v) is 10.7. The number of fused-ring (bicyclic) bond motifs is 9. The Bertz CT molecular complexity index is 1640. The van der Waals surface area contributed by atoms with E-state index in [2.05, 4.69) is 4.98 Å². The molecule has 1 aromatic heterocycles. The number of carboxylic acids is 1. The van der Waals surface area contributed by atoms with Crippen LogP contribution < -0.4 is 9.61 Å². The van der Waals surface area contributed by atoms with Gasteiger partial charge in [-0.2, -0.15) is 0 Å². The van der Waals surface area contributed by atoms with Gasteiger partial charge in [0, 0.05) is 31.7 Å². The van der Waals surface area contributed by atoms with Crippen molar-refractivity contribution in [2.75, 3.05) is 6.54 Å². The number of carboxylic acid groups (broad SMARTS) is 1. The summed E-state index contributed by atoms with van der Waals surface area (Å²) < 4.78 is 6.32. The Hall–Kier alpha value is -2.79. The summed E-state index contributed by atoms with van der Waals surface area (Å²) in [5.41, 5.74) is 1.72. The molecule has 2 aromatic carbocycles. The van der Waals surface area contributed by atoms with E-state index in [9.17, 15) is 24.3 Å². The van der Waals surface area contributed by atoms with Gasteiger partial charge >= 0.3 is 10.8 Å². The van der Waals surface area contributed by atoms with Crippen LogP contribution in [0.3, 0.4) is 0 Å². The number of halogens is 2. The SMILES string of the molecule is O=C(O)CN1C(=O)C2C3CC(C2C1=O)C1C3Sc2[nH]c(=O)sc2[C@@H]1c1cc(Cl)ccc1OCc1cccc(Cl)c1. The molecule has 1 saturated heterocycles. The Morgan fingerprint density at radius 2 is 1.80 bits per heavy atom. The number of aromatic amines is 1. The highest BCUT2D eigenvalue weighted by Gasteiger charge is 2.69. The van der Waals surface area contributed by atoms with Crippen LogP contribution in [0.2, 0.25) is 10.0 Å². The number of amides is 2. The van der Waals surface area contributed by atoms with Crippen LogP contribution in [0.25, 0.3) is 0 Å². The average Bonchev–Trinajstić information content (AvgIpc) is 3.64. The number of carbonyl (C=O) groups excluding carboxylic acids is 2. The summed E-state index contributed by atoms with van der Waals surface area (Å²) in [5.74, 6) is -3.07. The number of aromatic nitrogens is 1. The van der Waals surface area contributed by atoms with Crippen LogP contribution in [0.5, 0.6) is 5.75 Å². The van der Waals surface area contributed by atoms with Gasteiger partial charge in [0.05, 0.1) is 16.9 Å². The third kappa shape index (κ3) is 4.02. The molecule has 2 N–H and O–H groups in total. The highest BCUT2D eigenvalue weighted by molar-refractivity contribution is 8.00. The summed E-state index contributed by atoms with van der Waals surface area (Å²) >= 11 is 15.4. The van der Waals surface area contributed by atoms with E-state index in [4.69, 9.17) is 27.9 Å². The van der Waals surface area contributed by atoms with Crippen molar-refractivity contribution in [3.63, 3.8) is 0 Å². The maximum atomic E-state index is 13.4. The number of nitrogens with zero attached hydrogens (tertiary/aromatic N) is 1. The third-order valence-corrected chi connectivity index (χ3v) is 11.8. The number of carbonyl (C=O) groups is 3. The second-order valence-electron chi connectivity index (χ2n) is 10.7. The van der Waals surface area contributed by atoms with Crippen LogP contribution in [0.15, 0.2) is 52.3 Å². The molecule has 0 spiro atoms. The molecule has 4 aliphatic rings. The molecule has 3 aromatic rings. The first-order chi connectivity index (χ1) is 19.2. The lowest BCUT2D eigenvalue weighted by atomic mass is 9.68. The summed E-state index contributed by atoms with van der Waals surface area (Å²) in [5, 5.41) is 11.2. The smallest absolute Gasteiger partial charge is 0.323 e. The molecule has 2 aliphatic heterocycles. The molecule has 0 radical (unpaired) electrons. The first-order valence-electron chi connectivity index (χ1n) is 12.8. The molecule has 8 nitrogen and oxygen atoms in total. The summed E-state index contributed by atoms with van der Waals surface area (Å²) in [6.45, 7) is -0.346. The van der Waals surface area contributed by atoms with Gasteiger partial charge < -0.3 is 14.8 Å². The second-order valence-corrected chi connectivity index (χ2v) is 13.8. The molecule has 2 amide bonds. The van der Waals surface area contributed by atoms with Crippen molar-refractivity contribution < 1.29 is 24.2 Å². The molecule has 2 bridgehead atoms. The number of ether oxygens (including phenoxy) is 1. The molecular weight excluding hydrogens is 595 g/mol. The van der Waals surface area contributed by atoms with E-state index < -0.39 is 36.2 Å². The molecule has 12 heteroatoms. The van der Waals surface area contributed by atoms with Crippen molar-refractivity contribution in [1.29, 1.82) is 0 Å². The number of hydrogen-bond acceptors (Lipinski definition) is 7. The topological polar surface area (TPSA) is 117 Å². The molecule has 7 atom stereocenters. The number of thioether (sulfide) groups is 1. The number of hydrogen-bond donors (Lipinski definition) is 2. The lowest BCUT2D eigenvalue weighted by Gasteiger charge is -2.43. The summed E-state index contributed by atoms with van der Waals surface area (Å²) in [7, 11) is 0. The monoisotopic (exact) mass is 616 g/mol. The van der Waals surface area contributed by atoms with E-state index in [-0.39, 0.29) is 40.4 Å². The minimum Gasteiger partial charge on any atom is -0.489 e. The molecule has 6 unspecified atom stereocenters. The first-order valence-corrected chi connectivity index (χ1v) is 15.3. The average molecular weight is 618 g/mol. The van der Waals surface area contributed by atoms with E-state index in [0.717, 1.165) is 37.3 Å². The van der Waals surface area contributed by atoms with E-state index >= 15 is 0 Å². The van der Waals surface area contributed by atoms with E-state index in [1.54, 1.807) is 23.9 Å². The molecule has 206 valence electrons. The summed E-state index contributed by atoms with van der Waals surface area (Å²) in [4.78, 5) is 55.3. The zero-order chi connectivity index (χ0) is 27.9. The van der Waals surface area contributed by atoms with Crippen molar-refractivity contribution >= 4 is 64.1 Å². The Morgan fingerprint density at radius 3 is 2.55 bits per heavy atom. The van der Waals surface area contributed by atoms with Gasteiger partial charge in [0.2, 0.25) is 11.8 Å². The number of rotatable bonds is 6. The highest BCUT2D eigenvalue weighted by Crippen LogP contribution is 2.69. The Labute approximate surface area is 246 Å². The largest absolute Gasteiger partial charge is 0.489 e. The van der Waals surface area contributed by atoms with Gasteiger partial charge in [0.25, 0.3) is 0 Å². The molecule has 7 rings (SSSR count). The maximum absolute atomic E-state index is 13.4. The Kier molecular flexibility index (Phi) is 6.30. The van der Waals surface area contributed by atoms with Crippen LogP contribution in [-0.4, -0.2) is 44.6 Å². The van der Waals surface area contributed by atoms with E-state index in [1.807, 2.05) is 30.3 Å². The van der Waals surface area contributed by atoms with Crippen LogP contribution in [0.4, 0.5) is 0 Å². The number of benzene rings is 2. The maximum Gasteiger partial charge on any atom is 0.323 e. The molecular formula is C28H22Cl2N2O6S2. The van der Waals surface area contributed by atoms with E-state index in [1.165, 1.54) is 0 Å². The van der Waals surface area contributed by atoms with Crippen LogP contribution in [-0.2, 0) is 21.0 Å². The van der Waals surface area contributed by atoms with Crippen LogP contribution in [0, 0.1) is 29.6 Å². The third-order valence-electron chi connectivity index (χ3n) is 8.70. The standard InChI is InChI=1S/C28H22Cl2N2O6S2/c29-12-3-1-2-11(6-12)10-38-17-5-4-13(30)7-14(17)19-20-15-8-16(23(20)39-25-24(19)40-28(37)31-25)22-21(15)26(35)32(27(22)36)9-18(33)34/h1-7,15-16,19-23H,8-10H2,(H,31,37)(H,33,34)/t15?,16?,19-,20?,21?,22?,23?/m1/s1. The quantitative estimate of drug-likeness (QED) is 0.379. The number of aliphatic carboxylic acids is 1. The Balaban J connectivity index is 1.30. The van der Waals surface area contributed by atoms with Gasteiger partial charge in [-0.05, 0) is 60.1 Å². The molecule has 40 heavy (non-hydrogen) atoms. The zero-order valence-corrected chi connectivity index (χ0v) is 23.9. The fourth-order valence-electron chi connectivity index (χ4n) is 7.40. The molecule has 2 saturated carbocycles. The van der Waals surface area contributed by atoms with Gasteiger partial charge in [-0.3, -0.25) is 24.1 Å². The van der Waals surface area contributed by atoms with Gasteiger partial charge in [-0.15, -0.1) is 11.8 Å². The predicted octanol–water partition coefficient (Wildman–Crippen LogP) is 4.88. The van der Waals surface area contributed by atoms with Crippen LogP contribution >= 0.6 is 46.3 Å². The minimum absolute atomic E-state index is 0.0321. The summed E-state index contributed by atoms with van der Waals surface area (Å²) in [6.07, 6.45) is 0.699. The number of nitrogens with one attached hydrogen (secondary N) is 1. The zero-order valence-electron chi connectivity index (χ0n) is 20.7. The molecule has 3 heterocycles. The minimum atomic E-state index is -1.21. The van der Waals surface area contributed by atoms with Crippen molar-refractivity contribution in [1.82, 2.24) is 9.88 Å². The van der Waals surface area contributed by atoms with Crippen LogP contribution in [0.1, 0.15) is 28.3 Å². The van der Waals surface area contributed by atoms with Crippen molar-refractivity contribution in [2.24, 2.45) is 29.6 Å². The lowest BCUT2D eigenvalue weighted by molar-refractivity contribution is -0.149. The van der Waals surface area contributed by atoms with E-state index in [0.29, 0.717) is 22.2 Å². The van der Waals surface area contributed by atoms with Gasteiger partial charge in [0.1, 0.15) is 18.9 Å². The first kappa shape index (κ1) is 26.1. The fraction of sp³-hybridized carbons (Fsp3) is 0.357. The molecule has 3 fully saturated rings. The van der Waals surface area contributed by atoms with Gasteiger partial charge in [-0.25, -0.2) is 0 Å². The van der Waals surface area contributed by atoms with Crippen molar-refractivity contribution in [3.05, 3.63) is 78.2 Å².